The summed E-state index contributed by atoms with van der Waals surface area (Å²) in [7, 11) is 2.83. The van der Waals surface area contributed by atoms with Crippen molar-refractivity contribution in [3.05, 3.63) is 58.2 Å². The van der Waals surface area contributed by atoms with Crippen molar-refractivity contribution in [1.82, 2.24) is 0 Å². The van der Waals surface area contributed by atoms with Gasteiger partial charge in [-0.1, -0.05) is 12.1 Å². The highest BCUT2D eigenvalue weighted by atomic mass is 19.2. The molecular formula is C20H20F2O5. The van der Waals surface area contributed by atoms with Crippen LogP contribution in [0.5, 0.6) is 17.2 Å². The molecule has 144 valence electrons. The maximum Gasteiger partial charge on any atom is 0.193 e. The van der Waals surface area contributed by atoms with Crippen molar-refractivity contribution < 1.29 is 32.9 Å². The number of hydrogen-bond donors (Lipinski definition) is 1. The van der Waals surface area contributed by atoms with Crippen LogP contribution in [0.4, 0.5) is 8.78 Å². The predicted octanol–water partition coefficient (Wildman–Crippen LogP) is 4.17. The van der Waals surface area contributed by atoms with Gasteiger partial charge in [0.1, 0.15) is 22.8 Å². The standard InChI is InChI=1S/C20H20F2O5/c1-11-18(24)17(20(26-4)12(2)19(11)27-10-25-3)16(23)8-6-13-5-7-14(21)15(22)9-13/h5-9,24H,10H2,1-4H3. The summed E-state index contributed by atoms with van der Waals surface area (Å²) in [6, 6.07) is 3.26. The molecule has 0 heterocycles. The van der Waals surface area contributed by atoms with Crippen LogP contribution in [-0.2, 0) is 4.74 Å². The number of benzene rings is 2. The highest BCUT2D eigenvalue weighted by Crippen LogP contribution is 2.42. The van der Waals surface area contributed by atoms with Crippen molar-refractivity contribution in [1.29, 1.82) is 0 Å². The van der Waals surface area contributed by atoms with Gasteiger partial charge >= 0.3 is 0 Å². The first-order valence-corrected chi connectivity index (χ1v) is 8.01. The molecule has 0 saturated carbocycles. The third kappa shape index (κ3) is 4.25. The van der Waals surface area contributed by atoms with Gasteiger partial charge < -0.3 is 19.3 Å². The number of ether oxygens (including phenoxy) is 3. The largest absolute Gasteiger partial charge is 0.507 e. The smallest absolute Gasteiger partial charge is 0.193 e. The van der Waals surface area contributed by atoms with Gasteiger partial charge in [0.2, 0.25) is 0 Å². The van der Waals surface area contributed by atoms with Crippen molar-refractivity contribution in [3.8, 4) is 17.2 Å². The average Bonchev–Trinajstić information content (AvgIpc) is 2.65. The molecular weight excluding hydrogens is 358 g/mol. The number of hydrogen-bond acceptors (Lipinski definition) is 5. The van der Waals surface area contributed by atoms with Gasteiger partial charge in [-0.25, -0.2) is 8.78 Å². The third-order valence-corrected chi connectivity index (χ3v) is 3.98. The van der Waals surface area contributed by atoms with E-state index in [1.807, 2.05) is 0 Å². The fourth-order valence-corrected chi connectivity index (χ4v) is 2.66. The minimum Gasteiger partial charge on any atom is -0.507 e. The summed E-state index contributed by atoms with van der Waals surface area (Å²) in [5.74, 6) is -2.33. The Bertz CT molecular complexity index is 891. The highest BCUT2D eigenvalue weighted by molar-refractivity contribution is 6.11. The van der Waals surface area contributed by atoms with Gasteiger partial charge in [-0.15, -0.1) is 0 Å². The fourth-order valence-electron chi connectivity index (χ4n) is 2.66. The van der Waals surface area contributed by atoms with Gasteiger partial charge in [0.05, 0.1) is 7.11 Å². The Morgan fingerprint density at radius 2 is 1.81 bits per heavy atom. The number of halogens is 2. The lowest BCUT2D eigenvalue weighted by Crippen LogP contribution is -2.08. The first-order chi connectivity index (χ1) is 12.8. The summed E-state index contributed by atoms with van der Waals surface area (Å²) in [5.41, 5.74) is 1.13. The van der Waals surface area contributed by atoms with Crippen LogP contribution in [0, 0.1) is 25.5 Å². The Morgan fingerprint density at radius 3 is 2.41 bits per heavy atom. The molecule has 0 fully saturated rings. The van der Waals surface area contributed by atoms with E-state index in [1.54, 1.807) is 13.8 Å². The van der Waals surface area contributed by atoms with Crippen LogP contribution in [0.25, 0.3) is 6.08 Å². The van der Waals surface area contributed by atoms with Gasteiger partial charge in [-0.3, -0.25) is 4.79 Å². The van der Waals surface area contributed by atoms with Crippen LogP contribution >= 0.6 is 0 Å². The molecule has 1 N–H and O–H groups in total. The first-order valence-electron chi connectivity index (χ1n) is 8.01. The summed E-state index contributed by atoms with van der Waals surface area (Å²) in [5, 5.41) is 10.5. The van der Waals surface area contributed by atoms with Crippen LogP contribution in [0.2, 0.25) is 0 Å². The van der Waals surface area contributed by atoms with Crippen LogP contribution in [0.1, 0.15) is 27.0 Å². The molecule has 0 amide bonds. The zero-order chi connectivity index (χ0) is 20.1. The Hall–Kier alpha value is -2.93. The average molecular weight is 378 g/mol. The Balaban J connectivity index is 2.45. The number of carbonyl (C=O) groups is 1. The Morgan fingerprint density at radius 1 is 1.11 bits per heavy atom. The zero-order valence-electron chi connectivity index (χ0n) is 15.4. The minimum absolute atomic E-state index is 0.0341. The summed E-state index contributed by atoms with van der Waals surface area (Å²) < 4.78 is 41.9. The fraction of sp³-hybridized carbons (Fsp3) is 0.250. The number of allylic oxidation sites excluding steroid dienone is 1. The maximum absolute atomic E-state index is 13.3. The lowest BCUT2D eigenvalue weighted by molar-refractivity contribution is 0.0497. The number of phenolic OH excluding ortho intramolecular Hbond substituents is 1. The molecule has 0 atom stereocenters. The molecule has 0 unspecified atom stereocenters. The van der Waals surface area contributed by atoms with E-state index in [0.29, 0.717) is 22.4 Å². The predicted molar refractivity (Wildman–Crippen MR) is 96.4 cm³/mol. The van der Waals surface area contributed by atoms with E-state index in [1.165, 1.54) is 26.4 Å². The molecule has 7 heteroatoms. The van der Waals surface area contributed by atoms with Gasteiger partial charge in [-0.05, 0) is 37.6 Å². The van der Waals surface area contributed by atoms with Crippen LogP contribution < -0.4 is 9.47 Å². The monoisotopic (exact) mass is 378 g/mol. The van der Waals surface area contributed by atoms with Crippen molar-refractivity contribution in [2.24, 2.45) is 0 Å². The van der Waals surface area contributed by atoms with Crippen molar-refractivity contribution in [3.63, 3.8) is 0 Å². The topological polar surface area (TPSA) is 65.0 Å². The van der Waals surface area contributed by atoms with E-state index in [9.17, 15) is 18.7 Å². The third-order valence-electron chi connectivity index (χ3n) is 3.98. The molecule has 2 aromatic rings. The summed E-state index contributed by atoms with van der Waals surface area (Å²) in [6.07, 6.45) is 2.47. The van der Waals surface area contributed by atoms with Crippen molar-refractivity contribution in [2.75, 3.05) is 21.0 Å². The van der Waals surface area contributed by atoms with E-state index in [4.69, 9.17) is 14.2 Å². The van der Waals surface area contributed by atoms with Crippen LogP contribution in [0.15, 0.2) is 24.3 Å². The highest BCUT2D eigenvalue weighted by Gasteiger charge is 2.24. The Labute approximate surface area is 155 Å². The van der Waals surface area contributed by atoms with Crippen molar-refractivity contribution >= 4 is 11.9 Å². The summed E-state index contributed by atoms with van der Waals surface area (Å²) in [6.45, 7) is 3.25. The number of carbonyl (C=O) groups excluding carboxylic acids is 1. The number of ketones is 1. The molecule has 0 aliphatic carbocycles. The SMILES string of the molecule is COCOc1c(C)c(O)c(C(=O)C=Cc2ccc(F)c(F)c2)c(OC)c1C. The lowest BCUT2D eigenvalue weighted by atomic mass is 9.98. The van der Waals surface area contributed by atoms with E-state index in [0.717, 1.165) is 18.2 Å². The molecule has 0 radical (unpaired) electrons. The quantitative estimate of drug-likeness (QED) is 0.445. The van der Waals surface area contributed by atoms with E-state index in [2.05, 4.69) is 0 Å². The molecule has 0 aliphatic rings. The van der Waals surface area contributed by atoms with Gasteiger partial charge in [0.25, 0.3) is 0 Å². The first kappa shape index (κ1) is 20.4. The minimum atomic E-state index is -1.02. The van der Waals surface area contributed by atoms with E-state index >= 15 is 0 Å². The molecule has 2 aromatic carbocycles. The molecule has 2 rings (SSSR count). The number of aromatic hydroxyl groups is 1. The van der Waals surface area contributed by atoms with E-state index in [-0.39, 0.29) is 23.9 Å². The van der Waals surface area contributed by atoms with E-state index < -0.39 is 17.4 Å². The van der Waals surface area contributed by atoms with Gasteiger partial charge in [-0.2, -0.15) is 0 Å². The molecule has 27 heavy (non-hydrogen) atoms. The molecule has 5 nitrogen and oxygen atoms in total. The van der Waals surface area contributed by atoms with Gasteiger partial charge in [0.15, 0.2) is 24.2 Å². The molecule has 0 spiro atoms. The maximum atomic E-state index is 13.3. The summed E-state index contributed by atoms with van der Waals surface area (Å²) in [4.78, 5) is 12.6. The Kier molecular flexibility index (Phi) is 6.52. The second kappa shape index (κ2) is 8.64. The number of phenols is 1. The van der Waals surface area contributed by atoms with Crippen LogP contribution in [-0.4, -0.2) is 31.9 Å². The molecule has 0 aromatic heterocycles. The molecule has 0 aliphatic heterocycles. The van der Waals surface area contributed by atoms with Gasteiger partial charge in [0, 0.05) is 18.2 Å². The molecule has 0 bridgehead atoms. The lowest BCUT2D eigenvalue weighted by Gasteiger charge is -2.18. The molecule has 0 saturated heterocycles. The zero-order valence-corrected chi connectivity index (χ0v) is 15.4. The van der Waals surface area contributed by atoms with Crippen LogP contribution in [0.3, 0.4) is 0 Å². The second-order valence-electron chi connectivity index (χ2n) is 5.76. The number of methoxy groups -OCH3 is 2. The number of rotatable bonds is 7. The van der Waals surface area contributed by atoms with Crippen molar-refractivity contribution in [2.45, 2.75) is 13.8 Å². The normalized spacial score (nSPS) is 11.0. The summed E-state index contributed by atoms with van der Waals surface area (Å²) >= 11 is 0. The second-order valence-corrected chi connectivity index (χ2v) is 5.76.